The lowest BCUT2D eigenvalue weighted by atomic mass is 10.0. The highest BCUT2D eigenvalue weighted by Gasteiger charge is 2.35. The molecule has 0 unspecified atom stereocenters. The van der Waals surface area contributed by atoms with Gasteiger partial charge in [0, 0.05) is 101 Å². The van der Waals surface area contributed by atoms with Crippen molar-refractivity contribution in [3.8, 4) is 11.3 Å². The molecule has 248 valence electrons. The quantitative estimate of drug-likeness (QED) is 0.374. The van der Waals surface area contributed by atoms with Crippen LogP contribution in [0.3, 0.4) is 0 Å². The fourth-order valence-electron chi connectivity index (χ4n) is 5.96. The van der Waals surface area contributed by atoms with Crippen LogP contribution in [-0.2, 0) is 50.0 Å². The first-order chi connectivity index (χ1) is 21.3. The van der Waals surface area contributed by atoms with E-state index in [4.69, 9.17) is 9.84 Å². The van der Waals surface area contributed by atoms with Gasteiger partial charge in [0.05, 0.1) is 36.5 Å². The molecular weight excluding hydrogens is 633 g/mol. The first kappa shape index (κ1) is 33.7. The minimum Gasteiger partial charge on any atom is -0.378 e. The summed E-state index contributed by atoms with van der Waals surface area (Å²) in [5, 5.41) is 4.84. The van der Waals surface area contributed by atoms with Gasteiger partial charge in [-0.15, -0.1) is 11.8 Å². The van der Waals surface area contributed by atoms with Crippen LogP contribution in [0.15, 0.2) is 23.1 Å². The molecular formula is C29H39F3N6O5S2. The van der Waals surface area contributed by atoms with Crippen molar-refractivity contribution in [2.75, 3.05) is 77.6 Å². The second-order valence-electron chi connectivity index (χ2n) is 11.5. The summed E-state index contributed by atoms with van der Waals surface area (Å²) in [7, 11) is -3.51. The molecule has 2 fully saturated rings. The van der Waals surface area contributed by atoms with E-state index < -0.39 is 21.8 Å². The minimum atomic E-state index is -4.62. The topological polar surface area (TPSA) is 108 Å². The summed E-state index contributed by atoms with van der Waals surface area (Å²) in [6.45, 7) is 7.84. The maximum atomic E-state index is 14.0. The summed E-state index contributed by atoms with van der Waals surface area (Å²) < 4.78 is 75.5. The van der Waals surface area contributed by atoms with Crippen molar-refractivity contribution in [2.45, 2.75) is 43.9 Å². The van der Waals surface area contributed by atoms with Crippen molar-refractivity contribution in [1.82, 2.24) is 28.8 Å². The van der Waals surface area contributed by atoms with E-state index in [-0.39, 0.29) is 29.0 Å². The van der Waals surface area contributed by atoms with E-state index in [1.165, 1.54) is 16.4 Å². The predicted molar refractivity (Wildman–Crippen MR) is 163 cm³/mol. The number of hydrogen-bond acceptors (Lipinski definition) is 8. The van der Waals surface area contributed by atoms with E-state index in [2.05, 4.69) is 4.90 Å². The highest BCUT2D eigenvalue weighted by atomic mass is 32.2. The fourth-order valence-corrected chi connectivity index (χ4v) is 7.76. The average Bonchev–Trinajstić information content (AvgIpc) is 3.37. The fraction of sp³-hybridized carbons (Fsp3) is 0.621. The molecule has 3 aliphatic heterocycles. The number of piperazine rings is 1. The molecule has 0 spiro atoms. The number of aryl methyl sites for hydroxylation is 1. The number of benzene rings is 1. The molecule has 0 radical (unpaired) electrons. The van der Waals surface area contributed by atoms with Gasteiger partial charge in [-0.25, -0.2) is 8.42 Å². The molecule has 0 saturated carbocycles. The van der Waals surface area contributed by atoms with Crippen molar-refractivity contribution in [1.29, 1.82) is 0 Å². The largest absolute Gasteiger partial charge is 0.417 e. The number of fused-ring (bicyclic) bond motifs is 1. The third kappa shape index (κ3) is 8.20. The maximum absolute atomic E-state index is 14.0. The Morgan fingerprint density at radius 2 is 1.71 bits per heavy atom. The molecule has 3 aliphatic rings. The molecule has 2 aromatic rings. The normalized spacial score (nSPS) is 18.7. The van der Waals surface area contributed by atoms with Crippen LogP contribution in [0.4, 0.5) is 13.2 Å². The Hall–Kier alpha value is -2.66. The summed E-state index contributed by atoms with van der Waals surface area (Å²) in [4.78, 5) is 30.0. The first-order valence-electron chi connectivity index (χ1n) is 15.0. The molecule has 1 aromatic carbocycles. The summed E-state index contributed by atoms with van der Waals surface area (Å²) in [6.07, 6.45) is -2.28. The third-order valence-electron chi connectivity index (χ3n) is 8.51. The number of morpholine rings is 1. The van der Waals surface area contributed by atoms with Crippen molar-refractivity contribution in [3.05, 3.63) is 35.0 Å². The number of rotatable bonds is 9. The van der Waals surface area contributed by atoms with Crippen LogP contribution in [0.25, 0.3) is 11.3 Å². The van der Waals surface area contributed by atoms with Crippen molar-refractivity contribution >= 4 is 33.6 Å². The van der Waals surface area contributed by atoms with Crippen molar-refractivity contribution in [3.63, 3.8) is 0 Å². The van der Waals surface area contributed by atoms with Gasteiger partial charge in [-0.1, -0.05) is 6.07 Å². The number of carbonyl (C=O) groups is 2. The smallest absolute Gasteiger partial charge is 0.378 e. The zero-order valence-corrected chi connectivity index (χ0v) is 27.1. The van der Waals surface area contributed by atoms with Crippen LogP contribution in [-0.4, -0.2) is 127 Å². The molecule has 2 amide bonds. The Labute approximate surface area is 265 Å². The van der Waals surface area contributed by atoms with Crippen LogP contribution >= 0.6 is 11.8 Å². The van der Waals surface area contributed by atoms with Crippen molar-refractivity contribution < 1.29 is 35.9 Å². The number of nitrogens with zero attached hydrogens (tertiary/aromatic N) is 6. The van der Waals surface area contributed by atoms with E-state index in [1.807, 2.05) is 9.58 Å². The van der Waals surface area contributed by atoms with E-state index in [0.717, 1.165) is 55.8 Å². The second-order valence-corrected chi connectivity index (χ2v) is 14.5. The van der Waals surface area contributed by atoms with Gasteiger partial charge in [0.2, 0.25) is 21.8 Å². The Morgan fingerprint density at radius 3 is 2.36 bits per heavy atom. The van der Waals surface area contributed by atoms with Crippen LogP contribution in [0, 0.1) is 0 Å². The Balaban J connectivity index is 1.39. The summed E-state index contributed by atoms with van der Waals surface area (Å²) in [6, 6.07) is 3.80. The molecule has 1 aromatic heterocycles. The number of carbonyl (C=O) groups excluding carboxylic acids is 2. The molecule has 4 heterocycles. The highest BCUT2D eigenvalue weighted by Crippen LogP contribution is 2.40. The van der Waals surface area contributed by atoms with Crippen LogP contribution in [0.1, 0.15) is 30.2 Å². The van der Waals surface area contributed by atoms with Gasteiger partial charge in [-0.3, -0.25) is 19.2 Å². The van der Waals surface area contributed by atoms with E-state index >= 15 is 0 Å². The first-order valence-corrected chi connectivity index (χ1v) is 17.9. The van der Waals surface area contributed by atoms with Gasteiger partial charge in [-0.05, 0) is 18.6 Å². The minimum absolute atomic E-state index is 0.0713. The highest BCUT2D eigenvalue weighted by molar-refractivity contribution is 8.00. The number of amides is 2. The number of thioether (sulfide) groups is 1. The zero-order valence-electron chi connectivity index (χ0n) is 25.5. The SMILES string of the molecule is CC(=O)N1CCN(CCCn2nc(-c3ccc(C(F)(F)F)c(SCC(=O)N4CCOCC4)c3)c3c2CCN(S(C)(=O)=O)C3)CC1. The van der Waals surface area contributed by atoms with Gasteiger partial charge in [-0.2, -0.15) is 22.6 Å². The lowest BCUT2D eigenvalue weighted by molar-refractivity contribution is -0.140. The molecule has 11 nitrogen and oxygen atoms in total. The Kier molecular flexibility index (Phi) is 10.5. The number of ether oxygens (including phenoxy) is 1. The second kappa shape index (κ2) is 14.0. The van der Waals surface area contributed by atoms with E-state index in [0.29, 0.717) is 75.7 Å². The van der Waals surface area contributed by atoms with Gasteiger partial charge in [0.1, 0.15) is 0 Å². The standard InChI is InChI=1S/C29H39F3N6O5S2/c1-21(39)35-12-10-34(11-13-35)7-3-8-38-25-6-9-37(45(2,41)42)19-23(25)28(33-38)22-4-5-24(29(30,31)32)26(18-22)44-20-27(40)36-14-16-43-17-15-36/h4-5,18H,3,6-17,19-20H2,1-2H3. The monoisotopic (exact) mass is 672 g/mol. The van der Waals surface area contributed by atoms with E-state index in [9.17, 15) is 31.2 Å². The summed E-state index contributed by atoms with van der Waals surface area (Å²) in [5.74, 6) is -0.335. The average molecular weight is 673 g/mol. The molecule has 0 bridgehead atoms. The van der Waals surface area contributed by atoms with Gasteiger partial charge < -0.3 is 14.5 Å². The number of aromatic nitrogens is 2. The predicted octanol–water partition coefficient (Wildman–Crippen LogP) is 2.39. The van der Waals surface area contributed by atoms with Crippen molar-refractivity contribution in [2.24, 2.45) is 0 Å². The van der Waals surface area contributed by atoms with Crippen LogP contribution < -0.4 is 0 Å². The summed E-state index contributed by atoms with van der Waals surface area (Å²) in [5.41, 5.74) is 1.62. The Bertz CT molecular complexity index is 1500. The van der Waals surface area contributed by atoms with Gasteiger partial charge in [0.25, 0.3) is 0 Å². The molecule has 45 heavy (non-hydrogen) atoms. The lowest BCUT2D eigenvalue weighted by Crippen LogP contribution is -2.48. The molecule has 2 saturated heterocycles. The van der Waals surface area contributed by atoms with Crippen LogP contribution in [0.2, 0.25) is 0 Å². The van der Waals surface area contributed by atoms with Crippen LogP contribution in [0.5, 0.6) is 0 Å². The third-order valence-corrected chi connectivity index (χ3v) is 10.8. The molecule has 0 aliphatic carbocycles. The number of alkyl halides is 3. The van der Waals surface area contributed by atoms with E-state index in [1.54, 1.807) is 11.8 Å². The molecule has 16 heteroatoms. The molecule has 0 atom stereocenters. The zero-order chi connectivity index (χ0) is 32.4. The number of halogens is 3. The number of sulfonamides is 1. The Morgan fingerprint density at radius 1 is 1.00 bits per heavy atom. The lowest BCUT2D eigenvalue weighted by Gasteiger charge is -2.34. The maximum Gasteiger partial charge on any atom is 0.417 e. The molecule has 0 N–H and O–H groups in total. The van der Waals surface area contributed by atoms with Gasteiger partial charge in [0.15, 0.2) is 0 Å². The summed E-state index contributed by atoms with van der Waals surface area (Å²) >= 11 is 0.842. The van der Waals surface area contributed by atoms with Gasteiger partial charge >= 0.3 is 6.18 Å². The number of hydrogen-bond donors (Lipinski definition) is 0. The molecule has 5 rings (SSSR count).